The first kappa shape index (κ1) is 10.6. The maximum Gasteiger partial charge on any atom is 0.226 e. The van der Waals surface area contributed by atoms with Crippen LogP contribution in [-0.4, -0.2) is 15.2 Å². The van der Waals surface area contributed by atoms with Gasteiger partial charge >= 0.3 is 0 Å². The van der Waals surface area contributed by atoms with Gasteiger partial charge in [-0.05, 0) is 24.6 Å². The molecule has 5 heteroatoms. The van der Waals surface area contributed by atoms with Crippen molar-refractivity contribution in [3.8, 4) is 22.6 Å². The topological polar surface area (TPSA) is 80.7 Å². The van der Waals surface area contributed by atoms with Crippen LogP contribution in [0.5, 0.6) is 0 Å². The van der Waals surface area contributed by atoms with Crippen LogP contribution in [0.15, 0.2) is 41.1 Å². The number of rotatable bonds is 2. The predicted molar refractivity (Wildman–Crippen MR) is 68.7 cm³/mol. The molecular weight excluding hydrogens is 228 g/mol. The lowest BCUT2D eigenvalue weighted by molar-refractivity contribution is 0.573. The van der Waals surface area contributed by atoms with Gasteiger partial charge < -0.3 is 10.2 Å². The zero-order valence-corrected chi connectivity index (χ0v) is 9.84. The number of nitrogens with two attached hydrogens (primary N) is 1. The minimum Gasteiger partial charge on any atom is -0.444 e. The number of oxazole rings is 1. The number of hydrogen-bond donors (Lipinski definition) is 2. The number of nitrogens with zero attached hydrogens (tertiary/aromatic N) is 2. The van der Waals surface area contributed by atoms with Gasteiger partial charge in [-0.25, -0.2) is 4.98 Å². The number of aryl methyl sites for hydroxylation is 1. The number of anilines is 1. The Balaban J connectivity index is 1.97. The average Bonchev–Trinajstić information content (AvgIpc) is 2.98. The maximum atomic E-state index is 5.78. The Morgan fingerprint density at radius 3 is 2.44 bits per heavy atom. The van der Waals surface area contributed by atoms with Crippen molar-refractivity contribution in [1.82, 2.24) is 15.2 Å². The minimum atomic E-state index is 0.565. The highest BCUT2D eigenvalue weighted by molar-refractivity contribution is 5.74. The quantitative estimate of drug-likeness (QED) is 0.721. The molecule has 0 amide bonds. The molecule has 0 bridgehead atoms. The van der Waals surface area contributed by atoms with Crippen molar-refractivity contribution < 1.29 is 4.42 Å². The Hall–Kier alpha value is -2.56. The minimum absolute atomic E-state index is 0.565. The van der Waals surface area contributed by atoms with Gasteiger partial charge in [0.05, 0.1) is 11.9 Å². The van der Waals surface area contributed by atoms with E-state index in [0.717, 1.165) is 22.4 Å². The molecule has 18 heavy (non-hydrogen) atoms. The van der Waals surface area contributed by atoms with E-state index >= 15 is 0 Å². The highest BCUT2D eigenvalue weighted by Crippen LogP contribution is 2.26. The summed E-state index contributed by atoms with van der Waals surface area (Å²) in [5, 5.41) is 6.61. The van der Waals surface area contributed by atoms with Gasteiger partial charge in [-0.2, -0.15) is 5.10 Å². The summed E-state index contributed by atoms with van der Waals surface area (Å²) in [5.74, 6) is 1.19. The molecule has 0 fully saturated rings. The summed E-state index contributed by atoms with van der Waals surface area (Å²) in [4.78, 5) is 4.28. The van der Waals surface area contributed by atoms with Crippen LogP contribution in [0, 0.1) is 6.92 Å². The maximum absolute atomic E-state index is 5.78. The molecule has 0 aliphatic carbocycles. The number of aromatic amines is 1. The van der Waals surface area contributed by atoms with Crippen LogP contribution in [0.4, 0.5) is 5.82 Å². The number of benzene rings is 1. The van der Waals surface area contributed by atoms with Crippen molar-refractivity contribution in [2.45, 2.75) is 6.92 Å². The van der Waals surface area contributed by atoms with Gasteiger partial charge in [-0.3, -0.25) is 5.10 Å². The second-order valence-electron chi connectivity index (χ2n) is 4.07. The molecule has 0 aliphatic rings. The fourth-order valence-electron chi connectivity index (χ4n) is 1.81. The largest absolute Gasteiger partial charge is 0.444 e. The van der Waals surface area contributed by atoms with E-state index in [2.05, 4.69) is 15.2 Å². The Morgan fingerprint density at radius 1 is 1.17 bits per heavy atom. The highest BCUT2D eigenvalue weighted by atomic mass is 16.3. The van der Waals surface area contributed by atoms with Crippen molar-refractivity contribution in [2.75, 3.05) is 5.73 Å². The van der Waals surface area contributed by atoms with E-state index in [1.54, 1.807) is 12.5 Å². The third-order valence-electron chi connectivity index (χ3n) is 2.73. The zero-order valence-electron chi connectivity index (χ0n) is 9.84. The third-order valence-corrected chi connectivity index (χ3v) is 2.73. The Morgan fingerprint density at radius 2 is 1.89 bits per heavy atom. The smallest absolute Gasteiger partial charge is 0.226 e. The van der Waals surface area contributed by atoms with Gasteiger partial charge in [0.15, 0.2) is 0 Å². The second kappa shape index (κ2) is 4.03. The zero-order chi connectivity index (χ0) is 12.5. The van der Waals surface area contributed by atoms with Crippen LogP contribution in [0.1, 0.15) is 5.69 Å². The summed E-state index contributed by atoms with van der Waals surface area (Å²) >= 11 is 0. The lowest BCUT2D eigenvalue weighted by atomic mass is 10.1. The number of nitrogen functional groups attached to an aromatic ring is 1. The molecule has 0 radical (unpaired) electrons. The van der Waals surface area contributed by atoms with E-state index in [4.69, 9.17) is 10.2 Å². The van der Waals surface area contributed by atoms with Crippen LogP contribution in [0.3, 0.4) is 0 Å². The van der Waals surface area contributed by atoms with Crippen LogP contribution in [-0.2, 0) is 0 Å². The fourth-order valence-corrected chi connectivity index (χ4v) is 1.81. The van der Waals surface area contributed by atoms with Gasteiger partial charge in [-0.1, -0.05) is 12.1 Å². The average molecular weight is 240 g/mol. The molecule has 0 aliphatic heterocycles. The van der Waals surface area contributed by atoms with E-state index < -0.39 is 0 Å². The molecule has 1 aromatic carbocycles. The number of aromatic nitrogens is 3. The molecule has 0 saturated heterocycles. The standard InChI is InChI=1S/C13H12N4O/c1-8-7-18-13(16-8)10-4-2-9(3-5-10)11-6-15-17-12(11)14/h2-7H,1H3,(H3,14,15,17). The van der Waals surface area contributed by atoms with E-state index in [1.165, 1.54) is 0 Å². The molecular formula is C13H12N4O. The van der Waals surface area contributed by atoms with Crippen LogP contribution in [0.25, 0.3) is 22.6 Å². The first-order chi connectivity index (χ1) is 8.74. The summed E-state index contributed by atoms with van der Waals surface area (Å²) in [5.41, 5.74) is 9.48. The molecule has 2 heterocycles. The molecule has 2 aromatic heterocycles. The molecule has 3 aromatic rings. The lowest BCUT2D eigenvalue weighted by Gasteiger charge is -2.00. The van der Waals surface area contributed by atoms with Crippen LogP contribution >= 0.6 is 0 Å². The molecule has 0 atom stereocenters. The van der Waals surface area contributed by atoms with E-state index in [1.807, 2.05) is 31.2 Å². The highest BCUT2D eigenvalue weighted by Gasteiger charge is 2.07. The molecule has 5 nitrogen and oxygen atoms in total. The Bertz CT molecular complexity index is 666. The predicted octanol–water partition coefficient (Wildman–Crippen LogP) is 2.62. The van der Waals surface area contributed by atoms with Crippen LogP contribution < -0.4 is 5.73 Å². The van der Waals surface area contributed by atoms with Crippen molar-refractivity contribution in [3.63, 3.8) is 0 Å². The molecule has 3 rings (SSSR count). The molecule has 0 unspecified atom stereocenters. The summed E-state index contributed by atoms with van der Waals surface area (Å²) in [6, 6.07) is 7.84. The van der Waals surface area contributed by atoms with E-state index in [9.17, 15) is 0 Å². The summed E-state index contributed by atoms with van der Waals surface area (Å²) in [6.07, 6.45) is 3.34. The van der Waals surface area contributed by atoms with Gasteiger partial charge in [0, 0.05) is 11.1 Å². The molecule has 3 N–H and O–H groups in total. The van der Waals surface area contributed by atoms with Gasteiger partial charge in [0.2, 0.25) is 5.89 Å². The molecule has 0 spiro atoms. The van der Waals surface area contributed by atoms with Crippen LogP contribution in [0.2, 0.25) is 0 Å². The van der Waals surface area contributed by atoms with Gasteiger partial charge in [0.25, 0.3) is 0 Å². The third kappa shape index (κ3) is 1.75. The Labute approximate surface area is 104 Å². The van der Waals surface area contributed by atoms with E-state index in [0.29, 0.717) is 11.7 Å². The lowest BCUT2D eigenvalue weighted by Crippen LogP contribution is -1.87. The van der Waals surface area contributed by atoms with Gasteiger partial charge in [-0.15, -0.1) is 0 Å². The monoisotopic (exact) mass is 240 g/mol. The molecule has 0 saturated carbocycles. The summed E-state index contributed by atoms with van der Waals surface area (Å²) in [6.45, 7) is 1.90. The normalized spacial score (nSPS) is 10.7. The fraction of sp³-hybridized carbons (Fsp3) is 0.0769. The van der Waals surface area contributed by atoms with Gasteiger partial charge in [0.1, 0.15) is 12.1 Å². The molecule has 90 valence electrons. The SMILES string of the molecule is Cc1coc(-c2ccc(-c3cn[nH]c3N)cc2)n1. The van der Waals surface area contributed by atoms with Crippen molar-refractivity contribution in [1.29, 1.82) is 0 Å². The second-order valence-corrected chi connectivity index (χ2v) is 4.07. The summed E-state index contributed by atoms with van der Waals surface area (Å²) in [7, 11) is 0. The van der Waals surface area contributed by atoms with Crippen molar-refractivity contribution in [2.24, 2.45) is 0 Å². The number of nitrogens with one attached hydrogen (secondary N) is 1. The Kier molecular flexibility index (Phi) is 2.37. The summed E-state index contributed by atoms with van der Waals surface area (Å²) < 4.78 is 5.35. The number of hydrogen-bond acceptors (Lipinski definition) is 4. The number of H-pyrrole nitrogens is 1. The first-order valence-electron chi connectivity index (χ1n) is 5.56. The van der Waals surface area contributed by atoms with Crippen molar-refractivity contribution in [3.05, 3.63) is 42.4 Å². The first-order valence-corrected chi connectivity index (χ1v) is 5.56. The van der Waals surface area contributed by atoms with Crippen molar-refractivity contribution >= 4 is 5.82 Å². The van der Waals surface area contributed by atoms with E-state index in [-0.39, 0.29) is 0 Å².